The second-order valence-electron chi connectivity index (χ2n) is 4.64. The highest BCUT2D eigenvalue weighted by atomic mass is 32.2. The topological polar surface area (TPSA) is 95.2 Å². The monoisotopic (exact) mass is 286 g/mol. The van der Waals surface area contributed by atoms with Crippen molar-refractivity contribution in [1.29, 1.82) is 0 Å². The van der Waals surface area contributed by atoms with E-state index in [0.717, 1.165) is 19.1 Å². The number of carbonyl (C=O) groups excluding carboxylic acids is 1. The first-order valence-corrected chi connectivity index (χ1v) is 8.06. The maximum atomic E-state index is 12.1. The van der Waals surface area contributed by atoms with Crippen LogP contribution in [0.4, 0.5) is 0 Å². The van der Waals surface area contributed by atoms with Gasteiger partial charge in [0, 0.05) is 18.9 Å². The van der Waals surface area contributed by atoms with Crippen molar-refractivity contribution in [2.75, 3.05) is 12.8 Å². The molecule has 1 aliphatic heterocycles. The van der Waals surface area contributed by atoms with Gasteiger partial charge in [0.05, 0.1) is 12.8 Å². The number of piperidine rings is 1. The maximum Gasteiger partial charge on any atom is 0.238 e. The number of nitrogens with one attached hydrogen (secondary N) is 2. The van der Waals surface area contributed by atoms with Gasteiger partial charge >= 0.3 is 0 Å². The molecule has 1 aromatic heterocycles. The first-order chi connectivity index (χ1) is 8.98. The number of carbonyl (C=O) groups is 1. The Balaban J connectivity index is 1.99. The normalized spacial score (nSPS) is 21.2. The van der Waals surface area contributed by atoms with Gasteiger partial charge in [0.1, 0.15) is 11.9 Å². The summed E-state index contributed by atoms with van der Waals surface area (Å²) in [6.45, 7) is 0.692. The Morgan fingerprint density at radius 3 is 3.00 bits per heavy atom. The van der Waals surface area contributed by atoms with E-state index in [1.807, 2.05) is 0 Å². The van der Waals surface area contributed by atoms with E-state index in [9.17, 15) is 13.2 Å². The second kappa shape index (κ2) is 5.70. The first kappa shape index (κ1) is 14.0. The van der Waals surface area contributed by atoms with Crippen LogP contribution in [0.5, 0.6) is 0 Å². The van der Waals surface area contributed by atoms with Crippen LogP contribution < -0.4 is 5.32 Å². The van der Waals surface area contributed by atoms with E-state index < -0.39 is 16.1 Å². The van der Waals surface area contributed by atoms with Crippen molar-refractivity contribution < 1.29 is 13.2 Å². The number of H-pyrrole nitrogens is 1. The molecule has 1 fully saturated rings. The van der Waals surface area contributed by atoms with Gasteiger partial charge in [-0.05, 0) is 12.8 Å². The van der Waals surface area contributed by atoms with Crippen molar-refractivity contribution in [3.8, 4) is 0 Å². The van der Waals surface area contributed by atoms with Gasteiger partial charge in [0.15, 0.2) is 0 Å². The molecule has 2 rings (SSSR count). The number of hydrogen-bond donors (Lipinski definition) is 2. The van der Waals surface area contributed by atoms with Crippen LogP contribution in [0.3, 0.4) is 0 Å². The van der Waals surface area contributed by atoms with Gasteiger partial charge < -0.3 is 10.3 Å². The standard InChI is InChI=1S/C11H18N4O3S/c1-19(17,18)15-7-3-2-4-9(15)11(16)14-8-10-12-5-6-13-10/h5-6,9H,2-4,7-8H2,1H3,(H,12,13)(H,14,16). The van der Waals surface area contributed by atoms with Crippen LogP contribution in [0.25, 0.3) is 0 Å². The van der Waals surface area contributed by atoms with Gasteiger partial charge in [0.25, 0.3) is 0 Å². The van der Waals surface area contributed by atoms with Gasteiger partial charge in [-0.1, -0.05) is 6.42 Å². The lowest BCUT2D eigenvalue weighted by molar-refractivity contribution is -0.125. The molecule has 1 aliphatic rings. The highest BCUT2D eigenvalue weighted by molar-refractivity contribution is 7.88. The molecule has 2 N–H and O–H groups in total. The lowest BCUT2D eigenvalue weighted by Gasteiger charge is -2.32. The van der Waals surface area contributed by atoms with Gasteiger partial charge in [-0.2, -0.15) is 4.31 Å². The Labute approximate surface area is 112 Å². The predicted octanol–water partition coefficient (Wildman–Crippen LogP) is -0.160. The predicted molar refractivity (Wildman–Crippen MR) is 69.6 cm³/mol. The first-order valence-electron chi connectivity index (χ1n) is 6.21. The molecule has 1 saturated heterocycles. The van der Waals surface area contributed by atoms with Crippen LogP contribution >= 0.6 is 0 Å². The van der Waals surface area contributed by atoms with Crippen molar-refractivity contribution in [1.82, 2.24) is 19.6 Å². The molecule has 0 spiro atoms. The number of sulfonamides is 1. The third-order valence-electron chi connectivity index (χ3n) is 3.17. The van der Waals surface area contributed by atoms with Crippen molar-refractivity contribution in [3.63, 3.8) is 0 Å². The van der Waals surface area contributed by atoms with E-state index in [0.29, 0.717) is 18.8 Å². The van der Waals surface area contributed by atoms with Crippen molar-refractivity contribution in [2.24, 2.45) is 0 Å². The fourth-order valence-electron chi connectivity index (χ4n) is 2.25. The molecular weight excluding hydrogens is 268 g/mol. The van der Waals surface area contributed by atoms with Crippen molar-refractivity contribution in [3.05, 3.63) is 18.2 Å². The summed E-state index contributed by atoms with van der Waals surface area (Å²) in [6, 6.07) is -0.598. The molecule has 1 unspecified atom stereocenters. The zero-order valence-electron chi connectivity index (χ0n) is 10.8. The zero-order chi connectivity index (χ0) is 13.9. The fraction of sp³-hybridized carbons (Fsp3) is 0.636. The molecule has 1 amide bonds. The highest BCUT2D eigenvalue weighted by Gasteiger charge is 2.34. The second-order valence-corrected chi connectivity index (χ2v) is 6.57. The molecule has 1 aromatic rings. The summed E-state index contributed by atoms with van der Waals surface area (Å²) >= 11 is 0. The van der Waals surface area contributed by atoms with Crippen molar-refractivity contribution in [2.45, 2.75) is 31.8 Å². The van der Waals surface area contributed by atoms with E-state index in [-0.39, 0.29) is 12.5 Å². The van der Waals surface area contributed by atoms with E-state index in [1.165, 1.54) is 4.31 Å². The van der Waals surface area contributed by atoms with Crippen LogP contribution in [-0.2, 0) is 21.4 Å². The Kier molecular flexibility index (Phi) is 4.20. The molecule has 0 aromatic carbocycles. The molecule has 8 heteroatoms. The molecule has 7 nitrogen and oxygen atoms in total. The summed E-state index contributed by atoms with van der Waals surface area (Å²) < 4.78 is 24.6. The molecule has 0 radical (unpaired) electrons. The number of amides is 1. The number of aromatic amines is 1. The minimum absolute atomic E-state index is 0.262. The summed E-state index contributed by atoms with van der Waals surface area (Å²) in [5.74, 6) is 0.386. The minimum atomic E-state index is -3.34. The van der Waals surface area contributed by atoms with Crippen LogP contribution in [0.15, 0.2) is 12.4 Å². The number of imidazole rings is 1. The summed E-state index contributed by atoms with van der Waals surface area (Å²) in [6.07, 6.45) is 6.65. The molecule has 0 saturated carbocycles. The van der Waals surface area contributed by atoms with E-state index in [1.54, 1.807) is 12.4 Å². The number of aromatic nitrogens is 2. The molecular formula is C11H18N4O3S. The van der Waals surface area contributed by atoms with E-state index in [2.05, 4.69) is 15.3 Å². The number of nitrogens with zero attached hydrogens (tertiary/aromatic N) is 2. The Bertz CT molecular complexity index is 526. The maximum absolute atomic E-state index is 12.1. The Morgan fingerprint density at radius 1 is 1.58 bits per heavy atom. The van der Waals surface area contributed by atoms with Crippen LogP contribution in [0, 0.1) is 0 Å². The summed E-state index contributed by atoms with van der Waals surface area (Å²) in [4.78, 5) is 19.0. The molecule has 106 valence electrons. The summed E-state index contributed by atoms with van der Waals surface area (Å²) in [5, 5.41) is 2.72. The molecule has 1 atom stereocenters. The smallest absolute Gasteiger partial charge is 0.238 e. The van der Waals surface area contributed by atoms with Gasteiger partial charge in [0.2, 0.25) is 15.9 Å². The quantitative estimate of drug-likeness (QED) is 0.804. The SMILES string of the molecule is CS(=O)(=O)N1CCCCC1C(=O)NCc1ncc[nH]1. The fourth-order valence-corrected chi connectivity index (χ4v) is 3.37. The third-order valence-corrected chi connectivity index (χ3v) is 4.46. The van der Waals surface area contributed by atoms with Crippen LogP contribution in [0.2, 0.25) is 0 Å². The van der Waals surface area contributed by atoms with E-state index >= 15 is 0 Å². The summed E-state index contributed by atoms with van der Waals surface area (Å²) in [5.41, 5.74) is 0. The number of rotatable bonds is 4. The average Bonchev–Trinajstić information content (AvgIpc) is 2.88. The highest BCUT2D eigenvalue weighted by Crippen LogP contribution is 2.19. The van der Waals surface area contributed by atoms with Crippen LogP contribution in [0.1, 0.15) is 25.1 Å². The van der Waals surface area contributed by atoms with Gasteiger partial charge in [-0.3, -0.25) is 4.79 Å². The largest absolute Gasteiger partial charge is 0.347 e. The lowest BCUT2D eigenvalue weighted by atomic mass is 10.0. The molecule has 0 bridgehead atoms. The number of hydrogen-bond acceptors (Lipinski definition) is 4. The Hall–Kier alpha value is -1.41. The lowest BCUT2D eigenvalue weighted by Crippen LogP contribution is -2.51. The Morgan fingerprint density at radius 2 is 2.37 bits per heavy atom. The minimum Gasteiger partial charge on any atom is -0.347 e. The van der Waals surface area contributed by atoms with Crippen LogP contribution in [-0.4, -0.2) is 47.4 Å². The van der Waals surface area contributed by atoms with Gasteiger partial charge in [-0.15, -0.1) is 0 Å². The molecule has 19 heavy (non-hydrogen) atoms. The summed E-state index contributed by atoms with van der Waals surface area (Å²) in [7, 11) is -3.34. The third kappa shape index (κ3) is 3.54. The zero-order valence-corrected chi connectivity index (χ0v) is 11.6. The van der Waals surface area contributed by atoms with E-state index in [4.69, 9.17) is 0 Å². The van der Waals surface area contributed by atoms with Crippen molar-refractivity contribution >= 4 is 15.9 Å². The average molecular weight is 286 g/mol. The molecule has 2 heterocycles. The van der Waals surface area contributed by atoms with Gasteiger partial charge in [-0.25, -0.2) is 13.4 Å². The molecule has 0 aliphatic carbocycles.